The molecule has 0 saturated carbocycles. The lowest BCUT2D eigenvalue weighted by Gasteiger charge is -2.24. The second-order valence-electron chi connectivity index (χ2n) is 17.5. The maximum atomic E-state index is 12.7. The molecule has 1 unspecified atom stereocenters. The van der Waals surface area contributed by atoms with E-state index in [4.69, 9.17) is 18.5 Å². The SMILES string of the molecule is CCCCCCCC/C=C/CCCCCCCC(=O)O[C@H](COC(=O)CCCCCCCCCCCCCCCCCCCC)COP(=O)(O)OCC[N+](C)(C)C. The Morgan fingerprint density at radius 2 is 0.895 bits per heavy atom. The smallest absolute Gasteiger partial charge is 0.462 e. The number of hydrogen-bond acceptors (Lipinski definition) is 7. The van der Waals surface area contributed by atoms with Crippen molar-refractivity contribution in [3.05, 3.63) is 12.2 Å². The van der Waals surface area contributed by atoms with E-state index in [2.05, 4.69) is 26.0 Å². The molecule has 0 fully saturated rings. The first-order valence-corrected chi connectivity index (χ1v) is 25.4. The molecule has 0 aliphatic heterocycles. The Labute approximate surface area is 352 Å². The quantitative estimate of drug-likeness (QED) is 0.0213. The molecule has 0 aromatic carbocycles. The van der Waals surface area contributed by atoms with E-state index in [1.165, 1.54) is 141 Å². The van der Waals surface area contributed by atoms with Crippen molar-refractivity contribution in [2.45, 2.75) is 232 Å². The topological polar surface area (TPSA) is 108 Å². The Hall–Kier alpha value is -1.25. The van der Waals surface area contributed by atoms with Crippen LogP contribution in [0.2, 0.25) is 0 Å². The Balaban J connectivity index is 4.27. The van der Waals surface area contributed by atoms with Gasteiger partial charge in [0.1, 0.15) is 19.8 Å². The van der Waals surface area contributed by atoms with Crippen LogP contribution in [0, 0.1) is 0 Å². The van der Waals surface area contributed by atoms with Gasteiger partial charge in [0.2, 0.25) is 0 Å². The van der Waals surface area contributed by atoms with Crippen molar-refractivity contribution >= 4 is 19.8 Å². The van der Waals surface area contributed by atoms with Crippen LogP contribution in [0.25, 0.3) is 0 Å². The van der Waals surface area contributed by atoms with Crippen molar-refractivity contribution in [2.75, 3.05) is 47.5 Å². The largest absolute Gasteiger partial charge is 0.472 e. The van der Waals surface area contributed by atoms with Gasteiger partial charge in [0.15, 0.2) is 6.10 Å². The molecule has 2 atom stereocenters. The lowest BCUT2D eigenvalue weighted by Crippen LogP contribution is -2.37. The van der Waals surface area contributed by atoms with Gasteiger partial charge < -0.3 is 18.9 Å². The third-order valence-corrected chi connectivity index (χ3v) is 11.5. The predicted molar refractivity (Wildman–Crippen MR) is 238 cm³/mol. The summed E-state index contributed by atoms with van der Waals surface area (Å²) in [5.41, 5.74) is 0. The van der Waals surface area contributed by atoms with Gasteiger partial charge in [-0.1, -0.05) is 187 Å². The Kier molecular flexibility index (Phi) is 39.3. The van der Waals surface area contributed by atoms with E-state index >= 15 is 0 Å². The predicted octanol–water partition coefficient (Wildman–Crippen LogP) is 13.8. The normalized spacial score (nSPS) is 13.6. The number of phosphoric ester groups is 1. The lowest BCUT2D eigenvalue weighted by atomic mass is 10.0. The fourth-order valence-electron chi connectivity index (χ4n) is 6.77. The summed E-state index contributed by atoms with van der Waals surface area (Å²) >= 11 is 0. The van der Waals surface area contributed by atoms with E-state index in [1.807, 2.05) is 21.1 Å². The number of nitrogens with zero attached hydrogens (tertiary/aromatic N) is 1. The molecule has 9 nitrogen and oxygen atoms in total. The van der Waals surface area contributed by atoms with Crippen molar-refractivity contribution in [3.8, 4) is 0 Å². The van der Waals surface area contributed by atoms with Crippen LogP contribution in [-0.2, 0) is 32.7 Å². The van der Waals surface area contributed by atoms with Crippen molar-refractivity contribution in [1.29, 1.82) is 0 Å². The van der Waals surface area contributed by atoms with E-state index in [1.54, 1.807) is 0 Å². The third kappa shape index (κ3) is 44.1. The zero-order valence-electron chi connectivity index (χ0n) is 38.1. The number of likely N-dealkylation sites (N-methyl/N-ethyl adjacent to an activating group) is 1. The fraction of sp³-hybridized carbons (Fsp3) is 0.915. The molecule has 0 radical (unpaired) electrons. The standard InChI is InChI=1S/C47H92NO8P/c1-6-8-10-12-14-16-18-20-22-23-24-26-27-29-31-33-35-37-39-46(49)53-43-45(44-55-57(51,52)54-42-41-48(3,4)5)56-47(50)40-38-36-34-32-30-28-25-21-19-17-15-13-11-9-7-2/h21,25,45H,6-20,22-24,26-44H2,1-5H3/p+1/b25-21+/t45-/m1/s1. The molecular weight excluding hydrogens is 737 g/mol. The van der Waals surface area contributed by atoms with Gasteiger partial charge >= 0.3 is 19.8 Å². The molecule has 0 aromatic rings. The van der Waals surface area contributed by atoms with Crippen LogP contribution in [0.15, 0.2) is 12.2 Å². The van der Waals surface area contributed by atoms with E-state index in [9.17, 15) is 19.0 Å². The van der Waals surface area contributed by atoms with Crippen LogP contribution < -0.4 is 0 Å². The van der Waals surface area contributed by atoms with Crippen LogP contribution in [0.5, 0.6) is 0 Å². The summed E-state index contributed by atoms with van der Waals surface area (Å²) in [4.78, 5) is 35.4. The molecule has 1 N–H and O–H groups in total. The molecule has 0 saturated heterocycles. The summed E-state index contributed by atoms with van der Waals surface area (Å²) in [6.45, 7) is 4.44. The molecule has 0 spiro atoms. The number of ether oxygens (including phenoxy) is 2. The van der Waals surface area contributed by atoms with Gasteiger partial charge in [-0.05, 0) is 38.5 Å². The van der Waals surface area contributed by atoms with Crippen LogP contribution in [-0.4, -0.2) is 74.9 Å². The number of phosphoric acid groups is 1. The highest BCUT2D eigenvalue weighted by atomic mass is 31.2. The zero-order chi connectivity index (χ0) is 42.1. The number of rotatable bonds is 44. The third-order valence-electron chi connectivity index (χ3n) is 10.5. The molecule has 0 heterocycles. The summed E-state index contributed by atoms with van der Waals surface area (Å²) in [5.74, 6) is -0.796. The fourth-order valence-corrected chi connectivity index (χ4v) is 7.52. The van der Waals surface area contributed by atoms with Gasteiger partial charge in [-0.15, -0.1) is 0 Å². The van der Waals surface area contributed by atoms with Gasteiger partial charge in [-0.2, -0.15) is 0 Å². The number of esters is 2. The number of carbonyl (C=O) groups is 2. The summed E-state index contributed by atoms with van der Waals surface area (Å²) in [5, 5.41) is 0. The molecular formula is C47H93NO8P+. The van der Waals surface area contributed by atoms with Gasteiger partial charge in [0, 0.05) is 12.8 Å². The molecule has 10 heteroatoms. The minimum atomic E-state index is -4.37. The van der Waals surface area contributed by atoms with Gasteiger partial charge in [-0.25, -0.2) is 4.57 Å². The molecule has 0 aliphatic carbocycles. The maximum absolute atomic E-state index is 12.7. The Bertz CT molecular complexity index is 985. The monoisotopic (exact) mass is 831 g/mol. The number of allylic oxidation sites excluding steroid dienone is 2. The first-order chi connectivity index (χ1) is 27.5. The van der Waals surface area contributed by atoms with Crippen molar-refractivity contribution in [1.82, 2.24) is 0 Å². The van der Waals surface area contributed by atoms with Gasteiger partial charge in [-0.3, -0.25) is 18.6 Å². The second kappa shape index (κ2) is 40.2. The molecule has 0 bridgehead atoms. The summed E-state index contributed by atoms with van der Waals surface area (Å²) in [6, 6.07) is 0. The van der Waals surface area contributed by atoms with E-state index in [0.717, 1.165) is 51.4 Å². The van der Waals surface area contributed by atoms with E-state index < -0.39 is 26.5 Å². The van der Waals surface area contributed by atoms with Crippen molar-refractivity contribution in [3.63, 3.8) is 0 Å². The van der Waals surface area contributed by atoms with E-state index in [-0.39, 0.29) is 25.6 Å². The van der Waals surface area contributed by atoms with Gasteiger partial charge in [0.05, 0.1) is 27.7 Å². The molecule has 0 aliphatic rings. The molecule has 0 rings (SSSR count). The van der Waals surface area contributed by atoms with E-state index in [0.29, 0.717) is 23.9 Å². The maximum Gasteiger partial charge on any atom is 0.472 e. The number of carbonyl (C=O) groups excluding carboxylic acids is 2. The summed E-state index contributed by atoms with van der Waals surface area (Å²) in [6.07, 6.45) is 42.5. The average molecular weight is 831 g/mol. The first kappa shape index (κ1) is 55.8. The van der Waals surface area contributed by atoms with Crippen LogP contribution in [0.1, 0.15) is 226 Å². The molecule has 0 aromatic heterocycles. The Morgan fingerprint density at radius 1 is 0.526 bits per heavy atom. The van der Waals surface area contributed by atoms with Crippen molar-refractivity contribution in [2.24, 2.45) is 0 Å². The second-order valence-corrected chi connectivity index (χ2v) is 19.0. The highest BCUT2D eigenvalue weighted by Crippen LogP contribution is 2.43. The van der Waals surface area contributed by atoms with Crippen LogP contribution in [0.4, 0.5) is 0 Å². The number of quaternary nitrogens is 1. The highest BCUT2D eigenvalue weighted by Gasteiger charge is 2.27. The highest BCUT2D eigenvalue weighted by molar-refractivity contribution is 7.47. The number of unbranched alkanes of at least 4 members (excludes halogenated alkanes) is 28. The summed E-state index contributed by atoms with van der Waals surface area (Å²) < 4.78 is 34.4. The minimum Gasteiger partial charge on any atom is -0.462 e. The molecule has 338 valence electrons. The lowest BCUT2D eigenvalue weighted by molar-refractivity contribution is -0.870. The summed E-state index contributed by atoms with van der Waals surface area (Å²) in [7, 11) is 1.48. The molecule has 57 heavy (non-hydrogen) atoms. The first-order valence-electron chi connectivity index (χ1n) is 23.9. The Morgan fingerprint density at radius 3 is 1.30 bits per heavy atom. The van der Waals surface area contributed by atoms with Gasteiger partial charge in [0.25, 0.3) is 0 Å². The number of hydrogen-bond donors (Lipinski definition) is 1. The minimum absolute atomic E-state index is 0.0333. The van der Waals surface area contributed by atoms with Crippen molar-refractivity contribution < 1.29 is 42.1 Å². The van der Waals surface area contributed by atoms with Crippen LogP contribution >= 0.6 is 7.82 Å². The molecule has 0 amide bonds. The zero-order valence-corrected chi connectivity index (χ0v) is 39.0. The van der Waals surface area contributed by atoms with Crippen LogP contribution in [0.3, 0.4) is 0 Å². The average Bonchev–Trinajstić information content (AvgIpc) is 3.16.